The normalized spacial score (nSPS) is 11.4. The van der Waals surface area contributed by atoms with E-state index in [0.717, 1.165) is 3.57 Å². The number of carbonyl (C=O) groups excluding carboxylic acids is 1. The van der Waals surface area contributed by atoms with E-state index in [4.69, 9.17) is 0 Å². The van der Waals surface area contributed by atoms with Gasteiger partial charge >= 0.3 is 6.18 Å². The molecule has 0 saturated carbocycles. The van der Waals surface area contributed by atoms with E-state index >= 15 is 0 Å². The summed E-state index contributed by atoms with van der Waals surface area (Å²) < 4.78 is 36.5. The van der Waals surface area contributed by atoms with Crippen LogP contribution in [0.1, 0.15) is 5.56 Å². The second kappa shape index (κ2) is 4.29. The van der Waals surface area contributed by atoms with Gasteiger partial charge in [0.15, 0.2) is 0 Å². The van der Waals surface area contributed by atoms with Crippen LogP contribution in [0.5, 0.6) is 0 Å². The van der Waals surface area contributed by atoms with Gasteiger partial charge in [0.05, 0.1) is 0 Å². The van der Waals surface area contributed by atoms with Crippen molar-refractivity contribution in [2.75, 3.05) is 0 Å². The first kappa shape index (κ1) is 11.5. The lowest BCUT2D eigenvalue weighted by molar-refractivity contribution is -0.170. The van der Waals surface area contributed by atoms with Gasteiger partial charge in [-0.1, -0.05) is 12.1 Å². The molecule has 5 heteroatoms. The van der Waals surface area contributed by atoms with E-state index in [1.54, 1.807) is 18.2 Å². The maximum absolute atomic E-state index is 11.9. The number of Topliss-reactive ketones (excluding diaryl/α,β-unsaturated/α-hetero) is 1. The molecule has 14 heavy (non-hydrogen) atoms. The van der Waals surface area contributed by atoms with Crippen LogP contribution in [0.25, 0.3) is 0 Å². The lowest BCUT2D eigenvalue weighted by atomic mass is 10.1. The zero-order valence-electron chi connectivity index (χ0n) is 6.94. The average molecular weight is 314 g/mol. The molecule has 1 rings (SSSR count). The third kappa shape index (κ3) is 3.28. The zero-order valence-corrected chi connectivity index (χ0v) is 9.09. The summed E-state index contributed by atoms with van der Waals surface area (Å²) in [5.74, 6) is -1.71. The monoisotopic (exact) mass is 314 g/mol. The SMILES string of the molecule is O=C(Cc1cccc(I)c1)C(F)(F)F. The minimum Gasteiger partial charge on any atom is -0.289 e. The maximum Gasteiger partial charge on any atom is 0.450 e. The van der Waals surface area contributed by atoms with Crippen LogP contribution in [0.15, 0.2) is 24.3 Å². The van der Waals surface area contributed by atoms with Gasteiger partial charge in [-0.15, -0.1) is 0 Å². The Morgan fingerprint density at radius 3 is 2.50 bits per heavy atom. The number of alkyl halides is 3. The Balaban J connectivity index is 2.75. The zero-order chi connectivity index (χ0) is 10.8. The Bertz CT molecular complexity index is 346. The highest BCUT2D eigenvalue weighted by Gasteiger charge is 2.37. The van der Waals surface area contributed by atoms with Gasteiger partial charge in [-0.3, -0.25) is 4.79 Å². The van der Waals surface area contributed by atoms with Gasteiger partial charge in [-0.05, 0) is 40.3 Å². The molecule has 1 nitrogen and oxygen atoms in total. The van der Waals surface area contributed by atoms with Crippen molar-refractivity contribution in [3.8, 4) is 0 Å². The Hall–Kier alpha value is -0.590. The molecule has 0 unspecified atom stereocenters. The molecule has 0 fully saturated rings. The standard InChI is InChI=1S/C9H6F3IO/c10-9(11,12)8(14)5-6-2-1-3-7(13)4-6/h1-4H,5H2. The van der Waals surface area contributed by atoms with Crippen molar-refractivity contribution in [1.29, 1.82) is 0 Å². The second-order valence-corrected chi connectivity index (χ2v) is 3.97. The van der Waals surface area contributed by atoms with E-state index in [-0.39, 0.29) is 0 Å². The average Bonchev–Trinajstić information content (AvgIpc) is 2.02. The number of carbonyl (C=O) groups is 1. The molecule has 76 valence electrons. The third-order valence-corrected chi connectivity index (χ3v) is 2.24. The van der Waals surface area contributed by atoms with Gasteiger partial charge in [0.25, 0.3) is 0 Å². The molecule has 0 heterocycles. The molecule has 1 aromatic carbocycles. The van der Waals surface area contributed by atoms with Gasteiger partial charge < -0.3 is 0 Å². The third-order valence-electron chi connectivity index (χ3n) is 1.57. The fourth-order valence-corrected chi connectivity index (χ4v) is 1.54. The van der Waals surface area contributed by atoms with E-state index < -0.39 is 18.4 Å². The summed E-state index contributed by atoms with van der Waals surface area (Å²) in [7, 11) is 0. The molecule has 0 spiro atoms. The summed E-state index contributed by atoms with van der Waals surface area (Å²) in [5, 5.41) is 0. The quantitative estimate of drug-likeness (QED) is 0.767. The number of hydrogen-bond acceptors (Lipinski definition) is 1. The smallest absolute Gasteiger partial charge is 0.289 e. The van der Waals surface area contributed by atoms with Crippen molar-refractivity contribution in [3.63, 3.8) is 0 Å². The number of rotatable bonds is 2. The predicted octanol–water partition coefficient (Wildman–Crippen LogP) is 2.97. The van der Waals surface area contributed by atoms with Crippen LogP contribution in [0.3, 0.4) is 0 Å². The Morgan fingerprint density at radius 2 is 2.00 bits per heavy atom. The largest absolute Gasteiger partial charge is 0.450 e. The summed E-state index contributed by atoms with van der Waals surface area (Å²) in [6.45, 7) is 0. The van der Waals surface area contributed by atoms with Crippen LogP contribution in [-0.2, 0) is 11.2 Å². The Labute approximate surface area is 92.4 Å². The van der Waals surface area contributed by atoms with Crippen molar-refractivity contribution < 1.29 is 18.0 Å². The molecule has 0 N–H and O–H groups in total. The molecule has 0 aliphatic rings. The van der Waals surface area contributed by atoms with E-state index in [1.807, 2.05) is 22.6 Å². The van der Waals surface area contributed by atoms with Crippen LogP contribution < -0.4 is 0 Å². The van der Waals surface area contributed by atoms with Crippen LogP contribution in [0.2, 0.25) is 0 Å². The van der Waals surface area contributed by atoms with Crippen molar-refractivity contribution in [2.45, 2.75) is 12.6 Å². The van der Waals surface area contributed by atoms with E-state index in [9.17, 15) is 18.0 Å². The summed E-state index contributed by atoms with van der Waals surface area (Å²) >= 11 is 1.98. The highest BCUT2D eigenvalue weighted by molar-refractivity contribution is 14.1. The van der Waals surface area contributed by atoms with Gasteiger partial charge in [-0.2, -0.15) is 13.2 Å². The molecule has 0 amide bonds. The Kier molecular flexibility index (Phi) is 3.52. The van der Waals surface area contributed by atoms with Crippen molar-refractivity contribution in [1.82, 2.24) is 0 Å². The molecule has 0 radical (unpaired) electrons. The molecule has 1 aromatic rings. The minimum atomic E-state index is -4.73. The van der Waals surface area contributed by atoms with Crippen LogP contribution in [-0.4, -0.2) is 12.0 Å². The van der Waals surface area contributed by atoms with Crippen LogP contribution in [0.4, 0.5) is 13.2 Å². The van der Waals surface area contributed by atoms with E-state index in [0.29, 0.717) is 5.56 Å². The molecular formula is C9H6F3IO. The highest BCUT2D eigenvalue weighted by Crippen LogP contribution is 2.19. The van der Waals surface area contributed by atoms with E-state index in [1.165, 1.54) is 6.07 Å². The highest BCUT2D eigenvalue weighted by atomic mass is 127. The fourth-order valence-electron chi connectivity index (χ4n) is 0.933. The first-order valence-corrected chi connectivity index (χ1v) is 4.82. The minimum absolute atomic E-state index is 0.388. The molecule has 0 saturated heterocycles. The molecule has 0 aliphatic heterocycles. The molecule has 0 aromatic heterocycles. The van der Waals surface area contributed by atoms with Gasteiger partial charge in [0.1, 0.15) is 0 Å². The number of hydrogen-bond donors (Lipinski definition) is 0. The van der Waals surface area contributed by atoms with Gasteiger partial charge in [0.2, 0.25) is 5.78 Å². The van der Waals surface area contributed by atoms with Crippen LogP contribution >= 0.6 is 22.6 Å². The summed E-state index contributed by atoms with van der Waals surface area (Å²) in [5.41, 5.74) is 0.388. The van der Waals surface area contributed by atoms with Crippen molar-refractivity contribution in [3.05, 3.63) is 33.4 Å². The van der Waals surface area contributed by atoms with Crippen molar-refractivity contribution in [2.24, 2.45) is 0 Å². The first-order valence-electron chi connectivity index (χ1n) is 3.74. The van der Waals surface area contributed by atoms with Gasteiger partial charge in [-0.25, -0.2) is 0 Å². The fraction of sp³-hybridized carbons (Fsp3) is 0.222. The van der Waals surface area contributed by atoms with Crippen molar-refractivity contribution >= 4 is 28.4 Å². The molecule has 0 aliphatic carbocycles. The topological polar surface area (TPSA) is 17.1 Å². The molecule has 0 atom stereocenters. The van der Waals surface area contributed by atoms with Crippen LogP contribution in [0, 0.1) is 3.57 Å². The summed E-state index contributed by atoms with van der Waals surface area (Å²) in [4.78, 5) is 10.6. The molecular weight excluding hydrogens is 308 g/mol. The maximum atomic E-state index is 11.9. The van der Waals surface area contributed by atoms with Gasteiger partial charge in [0, 0.05) is 9.99 Å². The lowest BCUT2D eigenvalue weighted by Gasteiger charge is -2.04. The number of ketones is 1. The second-order valence-electron chi connectivity index (χ2n) is 2.73. The summed E-state index contributed by atoms with van der Waals surface area (Å²) in [6, 6.07) is 6.44. The summed E-state index contributed by atoms with van der Waals surface area (Å²) in [6.07, 6.45) is -5.32. The number of halogens is 4. The van der Waals surface area contributed by atoms with E-state index in [2.05, 4.69) is 0 Å². The molecule has 0 bridgehead atoms. The number of benzene rings is 1. The lowest BCUT2D eigenvalue weighted by Crippen LogP contribution is -2.24. The predicted molar refractivity (Wildman–Crippen MR) is 53.9 cm³/mol. The first-order chi connectivity index (χ1) is 6.39. The Morgan fingerprint density at radius 1 is 1.36 bits per heavy atom.